The zero-order chi connectivity index (χ0) is 20.9. The molecule has 2 saturated heterocycles. The van der Waals surface area contributed by atoms with Gasteiger partial charge in [-0.3, -0.25) is 4.79 Å². The molecule has 2 fully saturated rings. The number of carbonyl (C=O) groups is 1. The van der Waals surface area contributed by atoms with Gasteiger partial charge in [-0.2, -0.15) is 18.3 Å². The summed E-state index contributed by atoms with van der Waals surface area (Å²) in [5.74, 6) is -0.673. The predicted octanol–water partition coefficient (Wildman–Crippen LogP) is 1.98. The lowest BCUT2D eigenvalue weighted by Crippen LogP contribution is -2.51. The van der Waals surface area contributed by atoms with Crippen molar-refractivity contribution in [2.45, 2.75) is 51.3 Å². The summed E-state index contributed by atoms with van der Waals surface area (Å²) in [4.78, 5) is 19.2. The number of nitrogens with zero attached hydrogens (tertiary/aromatic N) is 5. The fraction of sp³-hybridized carbons (Fsp3) is 0.611. The lowest BCUT2D eigenvalue weighted by Gasteiger charge is -2.31. The van der Waals surface area contributed by atoms with Gasteiger partial charge in [0.05, 0.1) is 6.54 Å². The minimum Gasteiger partial charge on any atom is -0.355 e. The number of aliphatic hydroxyl groups excluding tert-OH is 1. The first-order chi connectivity index (χ1) is 13.7. The predicted molar refractivity (Wildman–Crippen MR) is 93.4 cm³/mol. The fourth-order valence-electron chi connectivity index (χ4n) is 4.14. The van der Waals surface area contributed by atoms with Crippen LogP contribution in [0.5, 0.6) is 0 Å². The monoisotopic (exact) mass is 415 g/mol. The number of aliphatic hydroxyl groups is 1. The molecule has 1 amide bonds. The molecule has 0 radical (unpaired) electrons. The van der Waals surface area contributed by atoms with Gasteiger partial charge < -0.3 is 14.9 Å². The molecule has 4 heterocycles. The summed E-state index contributed by atoms with van der Waals surface area (Å²) in [6.07, 6.45) is -3.49. The molecule has 1 aromatic rings. The zero-order valence-electron chi connectivity index (χ0n) is 15.7. The number of fused-ring (bicyclic) bond motifs is 1. The van der Waals surface area contributed by atoms with Crippen LogP contribution in [0.25, 0.3) is 0 Å². The van der Waals surface area contributed by atoms with Crippen molar-refractivity contribution in [2.75, 3.05) is 13.1 Å². The highest BCUT2D eigenvalue weighted by Gasteiger charge is 2.47. The fourth-order valence-corrected chi connectivity index (χ4v) is 4.14. The van der Waals surface area contributed by atoms with E-state index in [4.69, 9.17) is 0 Å². The summed E-state index contributed by atoms with van der Waals surface area (Å²) >= 11 is 0. The second-order valence-electron chi connectivity index (χ2n) is 7.73. The summed E-state index contributed by atoms with van der Waals surface area (Å²) < 4.78 is 52.9. The number of amidine groups is 1. The number of carbonyl (C=O) groups excluding carboxylic acids is 1. The first kappa shape index (κ1) is 19.9. The van der Waals surface area contributed by atoms with Gasteiger partial charge in [0.1, 0.15) is 11.9 Å². The van der Waals surface area contributed by atoms with E-state index in [0.717, 1.165) is 23.7 Å². The highest BCUT2D eigenvalue weighted by Crippen LogP contribution is 2.34. The number of amides is 1. The Morgan fingerprint density at radius 1 is 1.34 bits per heavy atom. The van der Waals surface area contributed by atoms with Crippen LogP contribution in [0.1, 0.15) is 37.4 Å². The van der Waals surface area contributed by atoms with E-state index >= 15 is 0 Å². The highest BCUT2D eigenvalue weighted by atomic mass is 19.4. The Hall–Kier alpha value is -2.43. The molecule has 0 bridgehead atoms. The Morgan fingerprint density at radius 2 is 2.10 bits per heavy atom. The topological polar surface area (TPSA) is 72.3 Å². The van der Waals surface area contributed by atoms with Crippen molar-refractivity contribution < 1.29 is 27.5 Å². The van der Waals surface area contributed by atoms with Crippen molar-refractivity contribution in [3.8, 4) is 0 Å². The average molecular weight is 415 g/mol. The summed E-state index contributed by atoms with van der Waals surface area (Å²) in [5.41, 5.74) is -1.89. The number of rotatable bonds is 3. The van der Waals surface area contributed by atoms with Crippen LogP contribution < -0.4 is 0 Å². The third kappa shape index (κ3) is 3.52. The molecule has 158 valence electrons. The molecule has 0 aliphatic carbocycles. The molecule has 1 aromatic heterocycles. The summed E-state index contributed by atoms with van der Waals surface area (Å²) in [6.45, 7) is 3.02. The number of aromatic nitrogens is 1. The maximum atomic E-state index is 14.3. The number of hydrazone groups is 1. The molecule has 3 aliphatic rings. The van der Waals surface area contributed by atoms with E-state index in [2.05, 4.69) is 17.0 Å². The van der Waals surface area contributed by atoms with Crippen LogP contribution in [-0.2, 0) is 17.5 Å². The minimum absolute atomic E-state index is 0.0881. The van der Waals surface area contributed by atoms with Gasteiger partial charge in [0.15, 0.2) is 11.5 Å². The van der Waals surface area contributed by atoms with E-state index in [0.29, 0.717) is 37.7 Å². The number of pyridine rings is 1. The Labute approximate surface area is 164 Å². The normalized spacial score (nSPS) is 26.9. The molecule has 0 spiro atoms. The molecule has 0 aromatic carbocycles. The summed E-state index contributed by atoms with van der Waals surface area (Å²) in [7, 11) is 0. The quantitative estimate of drug-likeness (QED) is 0.765. The molecule has 11 heteroatoms. The third-order valence-electron chi connectivity index (χ3n) is 5.63. The van der Waals surface area contributed by atoms with E-state index in [1.54, 1.807) is 4.90 Å². The van der Waals surface area contributed by atoms with Crippen molar-refractivity contribution in [2.24, 2.45) is 11.0 Å². The van der Waals surface area contributed by atoms with Crippen LogP contribution in [0.4, 0.5) is 17.6 Å². The molecule has 29 heavy (non-hydrogen) atoms. The second-order valence-corrected chi connectivity index (χ2v) is 7.73. The van der Waals surface area contributed by atoms with Gasteiger partial charge >= 0.3 is 6.18 Å². The molecule has 4 rings (SSSR count). The molecule has 2 unspecified atom stereocenters. The Kier molecular flexibility index (Phi) is 4.88. The third-order valence-corrected chi connectivity index (χ3v) is 5.63. The summed E-state index contributed by atoms with van der Waals surface area (Å²) in [6, 6.07) is 0.543. The van der Waals surface area contributed by atoms with Gasteiger partial charge in [0.25, 0.3) is 0 Å². The average Bonchev–Trinajstić information content (AvgIpc) is 3.33. The van der Waals surface area contributed by atoms with E-state index in [9.17, 15) is 27.5 Å². The van der Waals surface area contributed by atoms with Gasteiger partial charge in [-0.25, -0.2) is 14.4 Å². The molecular weight excluding hydrogens is 394 g/mol. The lowest BCUT2D eigenvalue weighted by atomic mass is 10.1. The van der Waals surface area contributed by atoms with Crippen LogP contribution in [0.2, 0.25) is 0 Å². The summed E-state index contributed by atoms with van der Waals surface area (Å²) in [5, 5.41) is 16.0. The van der Waals surface area contributed by atoms with Gasteiger partial charge in [-0.15, -0.1) is 0 Å². The van der Waals surface area contributed by atoms with Gasteiger partial charge in [-0.05, 0) is 24.8 Å². The van der Waals surface area contributed by atoms with E-state index in [-0.39, 0.29) is 18.0 Å². The van der Waals surface area contributed by atoms with Crippen LogP contribution in [0.15, 0.2) is 17.4 Å². The number of alkyl halides is 3. The Balaban J connectivity index is 1.50. The van der Waals surface area contributed by atoms with Crippen molar-refractivity contribution in [3.05, 3.63) is 29.3 Å². The van der Waals surface area contributed by atoms with Gasteiger partial charge in [-0.1, -0.05) is 6.92 Å². The zero-order valence-corrected chi connectivity index (χ0v) is 15.7. The SMILES string of the molecule is C[C@H]1CCN(C(=O)C2CCC3=NN(Cc4ccnc(C(F)(F)F)c4F)C(O)N32)C1. The maximum absolute atomic E-state index is 14.3. The molecule has 3 aliphatic heterocycles. The molecule has 7 nitrogen and oxygen atoms in total. The van der Waals surface area contributed by atoms with Crippen LogP contribution in [0.3, 0.4) is 0 Å². The molecule has 3 atom stereocenters. The van der Waals surface area contributed by atoms with Gasteiger partial charge in [0, 0.05) is 31.3 Å². The number of likely N-dealkylation sites (tertiary alicyclic amines) is 1. The van der Waals surface area contributed by atoms with E-state index < -0.39 is 30.1 Å². The maximum Gasteiger partial charge on any atom is 0.436 e. The minimum atomic E-state index is -4.92. The molecular formula is C18H21F4N5O2. The first-order valence-electron chi connectivity index (χ1n) is 9.46. The smallest absolute Gasteiger partial charge is 0.355 e. The standard InChI is InChI=1S/C18H21F4N5O2/c1-10-5-7-25(8-10)16(28)12-2-3-13-24-26(17(29)27(12)13)9-11-4-6-23-15(14(11)19)18(20,21)22/h4,6,10,12,17,29H,2-3,5,7-9H2,1H3/t10-,12?,17?/m0/s1. The lowest BCUT2D eigenvalue weighted by molar-refractivity contribution is -0.144. The highest BCUT2D eigenvalue weighted by molar-refractivity contribution is 5.94. The van der Waals surface area contributed by atoms with Gasteiger partial charge in [0.2, 0.25) is 12.3 Å². The Bertz CT molecular complexity index is 846. The number of hydrogen-bond donors (Lipinski definition) is 1. The van der Waals surface area contributed by atoms with Crippen LogP contribution in [-0.4, -0.2) is 62.1 Å². The van der Waals surface area contributed by atoms with E-state index in [1.807, 2.05) is 0 Å². The molecule has 1 N–H and O–H groups in total. The number of hydrogen-bond acceptors (Lipinski definition) is 6. The Morgan fingerprint density at radius 3 is 2.76 bits per heavy atom. The van der Waals surface area contributed by atoms with Crippen LogP contribution in [0, 0.1) is 11.7 Å². The van der Waals surface area contributed by atoms with Crippen molar-refractivity contribution in [1.29, 1.82) is 0 Å². The first-order valence-corrected chi connectivity index (χ1v) is 9.46. The molecule has 0 saturated carbocycles. The van der Waals surface area contributed by atoms with E-state index in [1.165, 1.54) is 4.90 Å². The van der Waals surface area contributed by atoms with Crippen molar-refractivity contribution in [1.82, 2.24) is 19.8 Å². The second kappa shape index (κ2) is 7.12. The van der Waals surface area contributed by atoms with Crippen LogP contribution >= 0.6 is 0 Å². The van der Waals surface area contributed by atoms with Crippen molar-refractivity contribution in [3.63, 3.8) is 0 Å². The van der Waals surface area contributed by atoms with Crippen molar-refractivity contribution >= 4 is 11.7 Å². The number of halogens is 4. The largest absolute Gasteiger partial charge is 0.436 e.